The molecule has 0 atom stereocenters. The molecule has 0 saturated heterocycles. The van der Waals surface area contributed by atoms with Crippen LogP contribution in [0.4, 0.5) is 28.4 Å². The molecule has 5 nitrogen and oxygen atoms in total. The van der Waals surface area contributed by atoms with Crippen molar-refractivity contribution in [1.82, 2.24) is 0 Å². The van der Waals surface area contributed by atoms with Gasteiger partial charge in [0.25, 0.3) is 0 Å². The number of para-hydroxylation sites is 1. The third kappa shape index (κ3) is 7.54. The maximum Gasteiger partial charge on any atom is 0.333 e. The average molecular weight is 1090 g/mol. The smallest absolute Gasteiger partial charge is 0.333 e. The van der Waals surface area contributed by atoms with Gasteiger partial charge in [-0.25, -0.2) is 0 Å². The van der Waals surface area contributed by atoms with E-state index >= 15 is 0 Å². The second-order valence-electron chi connectivity index (χ2n) is 27.5. The van der Waals surface area contributed by atoms with Crippen LogP contribution in [-0.4, -0.2) is 6.85 Å². The molecule has 410 valence electrons. The zero-order chi connectivity index (χ0) is 57.3. The predicted molar refractivity (Wildman–Crippen MR) is 353 cm³/mol. The van der Waals surface area contributed by atoms with E-state index in [2.05, 4.69) is 279 Å². The lowest BCUT2D eigenvalue weighted by Crippen LogP contribution is -2.61. The van der Waals surface area contributed by atoms with Crippen molar-refractivity contribution in [3.63, 3.8) is 0 Å². The first-order chi connectivity index (χ1) is 40.4. The van der Waals surface area contributed by atoms with Gasteiger partial charge < -0.3 is 23.0 Å². The molecule has 84 heavy (non-hydrogen) atoms. The standard InChI is InChI=1S/C78H67BN2O3/c1-75(2,3)49-30-33-51(34-31-49)81-64-45-69-55(56-41-60-61(43-67(56)82-69)78(9,10)37-36-77(60,7)8)39-54(64)57-40-58-52-28-20-21-29-66(52)83-74(58)72-71(57)79(81)62-44-68-59(70(47-24-16-12-17-25-47)73(84-68)48-26-18-13-19-27-48)42-65(62)80(72)63-35-32-50(76(4,5)6)38-53(63)46-22-14-11-15-23-46/h11-35,38-45H,36-37H2,1-10H3. The fourth-order valence-corrected chi connectivity index (χ4v) is 14.5. The van der Waals surface area contributed by atoms with Crippen LogP contribution in [0.25, 0.3) is 99.6 Å². The summed E-state index contributed by atoms with van der Waals surface area (Å²) in [7, 11) is 0. The Morgan fingerprint density at radius 2 is 1.00 bits per heavy atom. The van der Waals surface area contributed by atoms with Crippen LogP contribution in [0.1, 0.15) is 104 Å². The number of fused-ring (bicyclic) bond motifs is 13. The second-order valence-corrected chi connectivity index (χ2v) is 27.5. The third-order valence-corrected chi connectivity index (χ3v) is 19.2. The van der Waals surface area contributed by atoms with Gasteiger partial charge in [-0.15, -0.1) is 0 Å². The minimum absolute atomic E-state index is 0.0240. The highest BCUT2D eigenvalue weighted by atomic mass is 16.3. The second kappa shape index (κ2) is 17.8. The quantitative estimate of drug-likeness (QED) is 0.161. The molecule has 0 saturated carbocycles. The number of hydrogen-bond acceptors (Lipinski definition) is 5. The highest BCUT2D eigenvalue weighted by molar-refractivity contribution is 6.94. The lowest BCUT2D eigenvalue weighted by atomic mass is 9.43. The molecule has 10 aromatic carbocycles. The first-order valence-corrected chi connectivity index (χ1v) is 30.0. The van der Waals surface area contributed by atoms with Crippen LogP contribution in [0.15, 0.2) is 213 Å². The molecule has 13 aromatic rings. The summed E-state index contributed by atoms with van der Waals surface area (Å²) in [6, 6.07) is 74.3. The first kappa shape index (κ1) is 50.7. The SMILES string of the molecule is CC(C)(C)c1ccc(N2B3c4cc5oc(-c6ccccc6)c(-c6ccccc6)c5cc4N(c4ccc(C(C)(C)C)cc4-c4ccccc4)c4c3c(cc3c4oc4ccccc43)-c3cc4c(cc32)oc2cc3c(cc24)C(C)(C)CCC3(C)C)cc1. The Hall–Kier alpha value is -9.00. The molecule has 2 aliphatic heterocycles. The molecule has 0 radical (unpaired) electrons. The molecule has 1 aliphatic carbocycles. The van der Waals surface area contributed by atoms with Gasteiger partial charge >= 0.3 is 6.85 Å². The van der Waals surface area contributed by atoms with Crippen LogP contribution in [0.5, 0.6) is 0 Å². The van der Waals surface area contributed by atoms with Crippen molar-refractivity contribution < 1.29 is 13.3 Å². The molecule has 3 aromatic heterocycles. The van der Waals surface area contributed by atoms with Crippen LogP contribution in [0.3, 0.4) is 0 Å². The maximum absolute atomic E-state index is 7.45. The van der Waals surface area contributed by atoms with Crippen LogP contribution >= 0.6 is 0 Å². The van der Waals surface area contributed by atoms with E-state index in [1.807, 2.05) is 0 Å². The summed E-state index contributed by atoms with van der Waals surface area (Å²) in [6.45, 7) is 23.1. The van der Waals surface area contributed by atoms with Crippen molar-refractivity contribution in [2.75, 3.05) is 9.71 Å². The van der Waals surface area contributed by atoms with E-state index in [-0.39, 0.29) is 28.5 Å². The van der Waals surface area contributed by atoms with Crippen LogP contribution in [-0.2, 0) is 21.7 Å². The first-order valence-electron chi connectivity index (χ1n) is 30.0. The van der Waals surface area contributed by atoms with Gasteiger partial charge in [0.15, 0.2) is 5.58 Å². The average Bonchev–Trinajstić information content (AvgIpc) is 1.23. The number of hydrogen-bond donors (Lipinski definition) is 0. The zero-order valence-electron chi connectivity index (χ0n) is 49.7. The molecule has 0 amide bonds. The van der Waals surface area contributed by atoms with Crippen molar-refractivity contribution in [3.05, 3.63) is 222 Å². The molecular weight excluding hydrogens is 1020 g/mol. The van der Waals surface area contributed by atoms with E-state index < -0.39 is 0 Å². The summed E-state index contributed by atoms with van der Waals surface area (Å²) in [5.74, 6) is 0.840. The summed E-state index contributed by atoms with van der Waals surface area (Å²) in [6.07, 6.45) is 2.26. The van der Waals surface area contributed by atoms with Crippen molar-refractivity contribution >= 4 is 101 Å². The van der Waals surface area contributed by atoms with Crippen LogP contribution < -0.4 is 20.6 Å². The van der Waals surface area contributed by atoms with Crippen molar-refractivity contribution in [2.24, 2.45) is 0 Å². The Kier molecular flexibility index (Phi) is 10.7. The van der Waals surface area contributed by atoms with Gasteiger partial charge in [-0.1, -0.05) is 197 Å². The molecule has 3 aliphatic rings. The summed E-state index contributed by atoms with van der Waals surface area (Å²) in [5, 5.41) is 5.47. The summed E-state index contributed by atoms with van der Waals surface area (Å²) in [5.41, 5.74) is 24.9. The Morgan fingerprint density at radius 3 is 1.69 bits per heavy atom. The Labute approximate surface area is 492 Å². The molecule has 0 fully saturated rings. The Morgan fingerprint density at radius 1 is 0.417 bits per heavy atom. The third-order valence-electron chi connectivity index (χ3n) is 19.2. The monoisotopic (exact) mass is 1090 g/mol. The van der Waals surface area contributed by atoms with Crippen LogP contribution in [0.2, 0.25) is 0 Å². The molecule has 16 rings (SSSR count). The van der Waals surface area contributed by atoms with Gasteiger partial charge in [0.05, 0.1) is 11.4 Å². The number of benzene rings is 10. The number of furan rings is 3. The molecule has 0 unspecified atom stereocenters. The molecule has 0 spiro atoms. The lowest BCUT2D eigenvalue weighted by Gasteiger charge is -2.46. The van der Waals surface area contributed by atoms with Gasteiger partial charge in [0.2, 0.25) is 0 Å². The summed E-state index contributed by atoms with van der Waals surface area (Å²) >= 11 is 0. The van der Waals surface area contributed by atoms with Gasteiger partial charge in [-0.05, 0) is 151 Å². The lowest BCUT2D eigenvalue weighted by molar-refractivity contribution is 0.332. The number of rotatable bonds is 5. The van der Waals surface area contributed by atoms with Crippen molar-refractivity contribution in [1.29, 1.82) is 0 Å². The largest absolute Gasteiger partial charge is 0.456 e. The Balaban J connectivity index is 1.09. The summed E-state index contributed by atoms with van der Waals surface area (Å²) < 4.78 is 22.1. The van der Waals surface area contributed by atoms with Crippen molar-refractivity contribution in [2.45, 2.75) is 104 Å². The van der Waals surface area contributed by atoms with Gasteiger partial charge in [-0.2, -0.15) is 0 Å². The van der Waals surface area contributed by atoms with E-state index in [0.717, 1.165) is 141 Å². The highest BCUT2D eigenvalue weighted by Crippen LogP contribution is 2.56. The highest BCUT2D eigenvalue weighted by Gasteiger charge is 2.48. The molecule has 5 heterocycles. The number of nitrogens with zero attached hydrogens (tertiary/aromatic N) is 2. The van der Waals surface area contributed by atoms with Gasteiger partial charge in [-0.3, -0.25) is 0 Å². The van der Waals surface area contributed by atoms with E-state index in [0.29, 0.717) is 0 Å². The number of anilines is 5. The van der Waals surface area contributed by atoms with Crippen molar-refractivity contribution in [3.8, 4) is 44.7 Å². The zero-order valence-corrected chi connectivity index (χ0v) is 49.7. The van der Waals surface area contributed by atoms with E-state index in [1.54, 1.807) is 0 Å². The van der Waals surface area contributed by atoms with Gasteiger partial charge in [0.1, 0.15) is 28.1 Å². The molecule has 0 N–H and O–H groups in total. The maximum atomic E-state index is 7.45. The van der Waals surface area contributed by atoms with E-state index in [9.17, 15) is 0 Å². The fourth-order valence-electron chi connectivity index (χ4n) is 14.5. The Bertz CT molecular complexity index is 4850. The summed E-state index contributed by atoms with van der Waals surface area (Å²) in [4.78, 5) is 5.18. The predicted octanol–water partition coefficient (Wildman–Crippen LogP) is 20.9. The fraction of sp³-hybridized carbons (Fsp3) is 0.205. The minimum atomic E-state index is -0.369. The molecule has 0 bridgehead atoms. The molecular formula is C78H67BN2O3. The van der Waals surface area contributed by atoms with E-state index in [4.69, 9.17) is 13.3 Å². The van der Waals surface area contributed by atoms with Crippen LogP contribution in [0, 0.1) is 0 Å². The topological polar surface area (TPSA) is 45.9 Å². The van der Waals surface area contributed by atoms with E-state index in [1.165, 1.54) is 33.3 Å². The van der Waals surface area contributed by atoms with Gasteiger partial charge in [0, 0.05) is 72.3 Å². The normalized spacial score (nSPS) is 15.3. The molecule has 6 heteroatoms. The minimum Gasteiger partial charge on any atom is -0.456 e.